The van der Waals surface area contributed by atoms with E-state index in [0.717, 1.165) is 11.3 Å². The highest BCUT2D eigenvalue weighted by molar-refractivity contribution is 7.71. The summed E-state index contributed by atoms with van der Waals surface area (Å²) in [5, 5.41) is 0. The lowest BCUT2D eigenvalue weighted by Gasteiger charge is -2.08. The smallest absolute Gasteiger partial charge is 0.347 e. The third-order valence-corrected chi connectivity index (χ3v) is 3.87. The van der Waals surface area contributed by atoms with Crippen molar-refractivity contribution in [1.82, 2.24) is 4.98 Å². The second-order valence-electron chi connectivity index (χ2n) is 5.08. The highest BCUT2D eigenvalue weighted by atomic mass is 32.1. The lowest BCUT2D eigenvalue weighted by Crippen LogP contribution is -1.97. The van der Waals surface area contributed by atoms with Crippen molar-refractivity contribution in [2.75, 3.05) is 14.2 Å². The fourth-order valence-corrected chi connectivity index (χ4v) is 2.83. The molecule has 3 rings (SSSR count). The number of hydrogen-bond donors (Lipinski definition) is 1. The Labute approximate surface area is 138 Å². The molecule has 1 aliphatic rings. The Morgan fingerprint density at radius 2 is 2.00 bits per heavy atom. The maximum absolute atomic E-state index is 12.1. The van der Waals surface area contributed by atoms with E-state index in [2.05, 4.69) is 4.98 Å². The van der Waals surface area contributed by atoms with Gasteiger partial charge in [0, 0.05) is 22.9 Å². The zero-order valence-electron chi connectivity index (χ0n) is 12.9. The van der Waals surface area contributed by atoms with Crippen LogP contribution in [0.4, 0.5) is 0 Å². The number of methoxy groups -OCH3 is 2. The number of hydrogen-bond acceptors (Lipinski definition) is 5. The quantitative estimate of drug-likeness (QED) is 0.686. The van der Waals surface area contributed by atoms with Crippen molar-refractivity contribution in [3.63, 3.8) is 0 Å². The van der Waals surface area contributed by atoms with Crippen LogP contribution in [0.15, 0.2) is 24.3 Å². The SMILES string of the molecule is COc1ccc(C=C2OC(=O)c3c2cc(C)[nH]c3=S)c(OC)c1. The number of fused-ring (bicyclic) bond motifs is 1. The molecular weight excluding hydrogens is 314 g/mol. The molecule has 0 bridgehead atoms. The summed E-state index contributed by atoms with van der Waals surface area (Å²) in [5.74, 6) is 1.32. The molecule has 5 nitrogen and oxygen atoms in total. The van der Waals surface area contributed by atoms with Crippen LogP contribution in [0, 0.1) is 11.6 Å². The molecule has 1 N–H and O–H groups in total. The van der Waals surface area contributed by atoms with Gasteiger partial charge in [0.05, 0.1) is 14.2 Å². The molecule has 2 aromatic rings. The molecule has 6 heteroatoms. The van der Waals surface area contributed by atoms with Gasteiger partial charge in [0.25, 0.3) is 0 Å². The van der Waals surface area contributed by atoms with Gasteiger partial charge in [0.1, 0.15) is 27.5 Å². The lowest BCUT2D eigenvalue weighted by atomic mass is 10.1. The van der Waals surface area contributed by atoms with Crippen LogP contribution < -0.4 is 9.47 Å². The van der Waals surface area contributed by atoms with Crippen molar-refractivity contribution in [2.24, 2.45) is 0 Å². The van der Waals surface area contributed by atoms with Crippen molar-refractivity contribution < 1.29 is 19.0 Å². The molecule has 0 aliphatic carbocycles. The summed E-state index contributed by atoms with van der Waals surface area (Å²) in [5.41, 5.74) is 2.72. The molecule has 0 radical (unpaired) electrons. The Morgan fingerprint density at radius 3 is 2.70 bits per heavy atom. The zero-order chi connectivity index (χ0) is 16.6. The number of carbonyl (C=O) groups is 1. The van der Waals surface area contributed by atoms with Crippen LogP contribution in [-0.2, 0) is 4.74 Å². The number of nitrogens with one attached hydrogen (secondary N) is 1. The standard InChI is InChI=1S/C17H15NO4S/c1-9-6-12-14(22-17(19)15(12)16(23)18-9)7-10-4-5-11(20-2)8-13(10)21-3/h4-8H,1-3H3,(H,18,23). The molecule has 1 aromatic heterocycles. The van der Waals surface area contributed by atoms with Gasteiger partial charge in [-0.15, -0.1) is 0 Å². The molecule has 0 atom stereocenters. The summed E-state index contributed by atoms with van der Waals surface area (Å²) in [6, 6.07) is 7.27. The van der Waals surface area contributed by atoms with Crippen molar-refractivity contribution in [2.45, 2.75) is 6.92 Å². The van der Waals surface area contributed by atoms with E-state index in [0.29, 0.717) is 33.0 Å². The highest BCUT2D eigenvalue weighted by Gasteiger charge is 2.28. The van der Waals surface area contributed by atoms with Crippen LogP contribution in [0.3, 0.4) is 0 Å². The van der Waals surface area contributed by atoms with Gasteiger partial charge in [-0.3, -0.25) is 0 Å². The monoisotopic (exact) mass is 329 g/mol. The Morgan fingerprint density at radius 1 is 1.22 bits per heavy atom. The average Bonchev–Trinajstić information content (AvgIpc) is 2.83. The minimum atomic E-state index is -0.444. The van der Waals surface area contributed by atoms with Crippen LogP contribution in [0.2, 0.25) is 0 Å². The number of cyclic esters (lactones) is 1. The molecule has 2 heterocycles. The predicted octanol–water partition coefficient (Wildman–Crippen LogP) is 3.74. The number of benzene rings is 1. The van der Waals surface area contributed by atoms with E-state index in [1.807, 2.05) is 25.1 Å². The molecule has 118 valence electrons. The summed E-state index contributed by atoms with van der Waals surface area (Å²) in [7, 11) is 3.16. The summed E-state index contributed by atoms with van der Waals surface area (Å²) >= 11 is 5.22. The van der Waals surface area contributed by atoms with Crippen molar-refractivity contribution in [3.8, 4) is 11.5 Å². The van der Waals surface area contributed by atoms with Gasteiger partial charge in [-0.1, -0.05) is 12.2 Å². The second kappa shape index (κ2) is 5.89. The van der Waals surface area contributed by atoms with E-state index < -0.39 is 5.97 Å². The van der Waals surface area contributed by atoms with Crippen LogP contribution in [0.5, 0.6) is 11.5 Å². The topological polar surface area (TPSA) is 60.5 Å². The summed E-state index contributed by atoms with van der Waals surface area (Å²) in [6.45, 7) is 1.88. The van der Waals surface area contributed by atoms with E-state index in [-0.39, 0.29) is 0 Å². The molecule has 0 saturated heterocycles. The van der Waals surface area contributed by atoms with Gasteiger partial charge in [-0.2, -0.15) is 0 Å². The fourth-order valence-electron chi connectivity index (χ4n) is 2.48. The molecule has 23 heavy (non-hydrogen) atoms. The summed E-state index contributed by atoms with van der Waals surface area (Å²) in [6.07, 6.45) is 1.76. The summed E-state index contributed by atoms with van der Waals surface area (Å²) < 4.78 is 16.3. The molecule has 0 saturated carbocycles. The first kappa shape index (κ1) is 15.3. The number of H-pyrrole nitrogens is 1. The Kier molecular flexibility index (Phi) is 3.92. The molecule has 1 aromatic carbocycles. The Balaban J connectivity index is 2.13. The third-order valence-electron chi connectivity index (χ3n) is 3.57. The van der Waals surface area contributed by atoms with Gasteiger partial charge in [-0.25, -0.2) is 4.79 Å². The Hall–Kier alpha value is -2.60. The first-order valence-corrected chi connectivity index (χ1v) is 7.34. The molecular formula is C17H15NO4S. The number of aryl methyl sites for hydroxylation is 1. The van der Waals surface area contributed by atoms with Crippen molar-refractivity contribution in [1.29, 1.82) is 0 Å². The van der Waals surface area contributed by atoms with E-state index in [1.54, 1.807) is 26.4 Å². The average molecular weight is 329 g/mol. The number of aromatic amines is 1. The van der Waals surface area contributed by atoms with Crippen molar-refractivity contribution >= 4 is 30.0 Å². The van der Waals surface area contributed by atoms with E-state index >= 15 is 0 Å². The minimum absolute atomic E-state index is 0.384. The van der Waals surface area contributed by atoms with Gasteiger partial charge < -0.3 is 19.2 Å². The van der Waals surface area contributed by atoms with Crippen LogP contribution in [0.1, 0.15) is 27.2 Å². The number of rotatable bonds is 3. The molecule has 0 amide bonds. The number of aromatic nitrogens is 1. The maximum atomic E-state index is 12.1. The zero-order valence-corrected chi connectivity index (χ0v) is 13.7. The minimum Gasteiger partial charge on any atom is -0.497 e. The van der Waals surface area contributed by atoms with Gasteiger partial charge in [0.2, 0.25) is 0 Å². The Bertz CT molecular complexity index is 883. The van der Waals surface area contributed by atoms with E-state index in [9.17, 15) is 4.79 Å². The van der Waals surface area contributed by atoms with E-state index in [1.165, 1.54) is 0 Å². The molecule has 0 unspecified atom stereocenters. The normalized spacial score (nSPS) is 14.6. The second-order valence-corrected chi connectivity index (χ2v) is 5.48. The molecule has 0 spiro atoms. The largest absolute Gasteiger partial charge is 0.497 e. The number of ether oxygens (including phenoxy) is 3. The molecule has 1 aliphatic heterocycles. The number of carbonyl (C=O) groups excluding carboxylic acids is 1. The lowest BCUT2D eigenvalue weighted by molar-refractivity contribution is 0.0716. The predicted molar refractivity (Wildman–Crippen MR) is 89.2 cm³/mol. The van der Waals surface area contributed by atoms with Gasteiger partial charge in [-0.05, 0) is 31.2 Å². The van der Waals surface area contributed by atoms with Crippen molar-refractivity contribution in [3.05, 3.63) is 51.3 Å². The van der Waals surface area contributed by atoms with Crippen LogP contribution >= 0.6 is 12.2 Å². The van der Waals surface area contributed by atoms with Crippen LogP contribution in [0.25, 0.3) is 11.8 Å². The van der Waals surface area contributed by atoms with E-state index in [4.69, 9.17) is 26.4 Å². The molecule has 0 fully saturated rings. The highest BCUT2D eigenvalue weighted by Crippen LogP contribution is 2.34. The summed E-state index contributed by atoms with van der Waals surface area (Å²) in [4.78, 5) is 15.0. The number of esters is 1. The maximum Gasteiger partial charge on any atom is 0.347 e. The first-order valence-electron chi connectivity index (χ1n) is 6.93. The van der Waals surface area contributed by atoms with Gasteiger partial charge in [0.15, 0.2) is 0 Å². The fraction of sp³-hybridized carbons (Fsp3) is 0.176. The number of pyridine rings is 1. The third kappa shape index (κ3) is 2.73. The van der Waals surface area contributed by atoms with Crippen LogP contribution in [-0.4, -0.2) is 25.2 Å². The van der Waals surface area contributed by atoms with Gasteiger partial charge >= 0.3 is 5.97 Å². The first-order chi connectivity index (χ1) is 11.0.